The molecular formula is C21H21N2O6+. The van der Waals surface area contributed by atoms with Crippen molar-refractivity contribution in [2.75, 3.05) is 21.0 Å². The van der Waals surface area contributed by atoms with Gasteiger partial charge in [0.05, 0.1) is 25.7 Å². The van der Waals surface area contributed by atoms with Crippen molar-refractivity contribution in [3.8, 4) is 23.0 Å². The predicted octanol–water partition coefficient (Wildman–Crippen LogP) is 1.78. The first kappa shape index (κ1) is 18.8. The van der Waals surface area contributed by atoms with E-state index in [2.05, 4.69) is 4.99 Å². The quantitative estimate of drug-likeness (QED) is 0.692. The van der Waals surface area contributed by atoms with E-state index in [4.69, 9.17) is 23.4 Å². The van der Waals surface area contributed by atoms with Gasteiger partial charge in [-0.1, -0.05) is 0 Å². The molecular weight excluding hydrogens is 376 g/mol. The van der Waals surface area contributed by atoms with Crippen molar-refractivity contribution in [3.05, 3.63) is 47.0 Å². The van der Waals surface area contributed by atoms with Gasteiger partial charge in [-0.25, -0.2) is 4.99 Å². The summed E-state index contributed by atoms with van der Waals surface area (Å²) in [5, 5.41) is 1.46. The van der Waals surface area contributed by atoms with Crippen LogP contribution in [0.25, 0.3) is 11.0 Å². The molecule has 2 aliphatic rings. The number of carbonyl (C=O) groups excluding carboxylic acids is 1. The van der Waals surface area contributed by atoms with Crippen LogP contribution in [-0.4, -0.2) is 26.8 Å². The second-order valence-corrected chi connectivity index (χ2v) is 6.59. The second kappa shape index (κ2) is 7.14. The van der Waals surface area contributed by atoms with Crippen LogP contribution in [0.1, 0.15) is 22.5 Å². The third kappa shape index (κ3) is 2.98. The number of ketones is 1. The number of rotatable bonds is 3. The minimum atomic E-state index is 0. The largest absolute Gasteiger partial charge is 0.493 e. The van der Waals surface area contributed by atoms with Gasteiger partial charge in [-0.2, -0.15) is 0 Å². The second-order valence-electron chi connectivity index (χ2n) is 6.59. The number of carbonyl (C=O) groups is 1. The fraction of sp³-hybridized carbons (Fsp3) is 0.238. The van der Waals surface area contributed by atoms with Crippen molar-refractivity contribution in [1.82, 2.24) is 6.15 Å². The monoisotopic (exact) mass is 397 g/mol. The Morgan fingerprint density at radius 2 is 1.72 bits per heavy atom. The smallest absolute Gasteiger partial charge is 0.231 e. The van der Waals surface area contributed by atoms with Crippen molar-refractivity contribution >= 4 is 22.4 Å². The lowest BCUT2D eigenvalue weighted by Crippen LogP contribution is -2.71. The van der Waals surface area contributed by atoms with Crippen molar-refractivity contribution in [2.45, 2.75) is 12.8 Å². The molecule has 0 radical (unpaired) electrons. The van der Waals surface area contributed by atoms with E-state index in [1.54, 1.807) is 20.3 Å². The Kier molecular flexibility index (Phi) is 4.63. The predicted molar refractivity (Wildman–Crippen MR) is 103 cm³/mol. The number of hydrogen-bond donors (Lipinski definition) is 2. The van der Waals surface area contributed by atoms with Crippen LogP contribution in [0.15, 0.2) is 34.7 Å². The number of nitrogens with one attached hydrogen (secondary N) is 1. The molecule has 5 rings (SSSR count). The van der Waals surface area contributed by atoms with Gasteiger partial charge in [0.15, 0.2) is 28.8 Å². The summed E-state index contributed by atoms with van der Waals surface area (Å²) in [6.45, 7) is 0.169. The van der Waals surface area contributed by atoms with Crippen LogP contribution >= 0.6 is 0 Å². The van der Waals surface area contributed by atoms with Crippen LogP contribution < -0.4 is 35.4 Å². The Morgan fingerprint density at radius 3 is 2.48 bits per heavy atom. The zero-order chi connectivity index (χ0) is 19.3. The Hall–Kier alpha value is -3.52. The number of benzene rings is 2. The van der Waals surface area contributed by atoms with Gasteiger partial charge in [0, 0.05) is 31.0 Å². The topological polar surface area (TPSA) is 116 Å². The number of aryl methyl sites for hydroxylation is 1. The third-order valence-corrected chi connectivity index (χ3v) is 5.02. The highest BCUT2D eigenvalue weighted by Crippen LogP contribution is 2.36. The van der Waals surface area contributed by atoms with Gasteiger partial charge in [-0.05, 0) is 6.07 Å². The van der Waals surface area contributed by atoms with Gasteiger partial charge in [0.2, 0.25) is 17.8 Å². The van der Waals surface area contributed by atoms with Crippen LogP contribution in [-0.2, 0) is 6.42 Å². The molecule has 0 fully saturated rings. The van der Waals surface area contributed by atoms with E-state index in [0.29, 0.717) is 58.1 Å². The maximum Gasteiger partial charge on any atom is 0.231 e. The highest BCUT2D eigenvalue weighted by molar-refractivity contribution is 6.01. The summed E-state index contributed by atoms with van der Waals surface area (Å²) < 4.78 is 27.7. The molecule has 0 unspecified atom stereocenters. The van der Waals surface area contributed by atoms with Crippen molar-refractivity contribution in [2.24, 2.45) is 0 Å². The zero-order valence-corrected chi connectivity index (χ0v) is 16.2. The van der Waals surface area contributed by atoms with E-state index in [1.165, 1.54) is 0 Å². The van der Waals surface area contributed by atoms with E-state index < -0.39 is 0 Å². The van der Waals surface area contributed by atoms with E-state index in [0.717, 1.165) is 11.1 Å². The van der Waals surface area contributed by atoms with Crippen LogP contribution in [0.3, 0.4) is 0 Å². The normalized spacial score (nSPS) is 14.7. The first-order valence-corrected chi connectivity index (χ1v) is 8.92. The third-order valence-electron chi connectivity index (χ3n) is 5.02. The van der Waals surface area contributed by atoms with Crippen molar-refractivity contribution in [3.63, 3.8) is 0 Å². The Labute approximate surface area is 166 Å². The zero-order valence-electron chi connectivity index (χ0n) is 16.2. The lowest BCUT2D eigenvalue weighted by molar-refractivity contribution is -0.401. The molecule has 8 nitrogen and oxygen atoms in total. The van der Waals surface area contributed by atoms with Gasteiger partial charge in [0.1, 0.15) is 16.9 Å². The first-order chi connectivity index (χ1) is 13.7. The van der Waals surface area contributed by atoms with Crippen molar-refractivity contribution < 1.29 is 33.2 Å². The lowest BCUT2D eigenvalue weighted by atomic mass is 10.1. The van der Waals surface area contributed by atoms with Crippen LogP contribution in [0.4, 0.5) is 5.69 Å². The molecule has 150 valence electrons. The molecule has 1 aromatic heterocycles. The number of Topliss-reactive ketones (excluding diaryl/α,β-unsaturated/α-hetero) is 1. The van der Waals surface area contributed by atoms with Gasteiger partial charge in [-0.3, -0.25) is 4.79 Å². The summed E-state index contributed by atoms with van der Waals surface area (Å²) in [6, 6.07) is 9.16. The lowest BCUT2D eigenvalue weighted by Gasteiger charge is -2.06. The molecule has 3 aromatic rings. The van der Waals surface area contributed by atoms with Crippen LogP contribution in [0.2, 0.25) is 0 Å². The minimum absolute atomic E-state index is 0. The summed E-state index contributed by atoms with van der Waals surface area (Å²) in [7, 11) is 3.17. The van der Waals surface area contributed by atoms with E-state index in [1.807, 2.05) is 24.3 Å². The molecule has 0 spiro atoms. The molecule has 2 aromatic carbocycles. The van der Waals surface area contributed by atoms with Crippen molar-refractivity contribution in [1.29, 1.82) is 0 Å². The fourth-order valence-electron chi connectivity index (χ4n) is 3.67. The minimum Gasteiger partial charge on any atom is -0.493 e. The summed E-state index contributed by atoms with van der Waals surface area (Å²) in [4.78, 5) is 16.0. The number of ether oxygens (including phenoxy) is 4. The molecule has 0 saturated carbocycles. The molecule has 0 saturated heterocycles. The SMILES string of the molecule is COc1ccc([NH+]=c2c3c(oc4cc5c(cc24)OCO5)CCC3=O)cc1OC.N. The molecule has 4 N–H and O–H groups in total. The molecule has 1 aliphatic heterocycles. The summed E-state index contributed by atoms with van der Waals surface area (Å²) in [6.07, 6.45) is 1.02. The maximum absolute atomic E-state index is 12.6. The standard InChI is InChI=1S/C21H17NO6.H3N/c1-24-14-5-3-11(7-17(14)25-2)22-21-12-8-18-19(27-10-26-18)9-16(12)28-15-6-4-13(23)20(15)21;/h3,5,7-9H,4,6,10H2,1-2H3;1H3/p+1. The summed E-state index contributed by atoms with van der Waals surface area (Å²) in [5.41, 5.74) is 1.99. The molecule has 8 heteroatoms. The van der Waals surface area contributed by atoms with Gasteiger partial charge >= 0.3 is 0 Å². The molecule has 0 bridgehead atoms. The average Bonchev–Trinajstić information content (AvgIpc) is 3.32. The number of methoxy groups -OCH3 is 2. The Balaban J connectivity index is 0.00000205. The van der Waals surface area contributed by atoms with Crippen LogP contribution in [0, 0.1) is 0 Å². The van der Waals surface area contributed by atoms with Gasteiger partial charge in [0.25, 0.3) is 0 Å². The Bertz CT molecular complexity index is 1200. The fourth-order valence-corrected chi connectivity index (χ4v) is 3.67. The summed E-state index contributed by atoms with van der Waals surface area (Å²) >= 11 is 0. The molecule has 2 heterocycles. The molecule has 0 atom stereocenters. The Morgan fingerprint density at radius 1 is 0.966 bits per heavy atom. The van der Waals surface area contributed by atoms with E-state index in [9.17, 15) is 4.79 Å². The van der Waals surface area contributed by atoms with E-state index in [-0.39, 0.29) is 18.7 Å². The average molecular weight is 397 g/mol. The maximum atomic E-state index is 12.6. The van der Waals surface area contributed by atoms with E-state index >= 15 is 0 Å². The number of hydrogen-bond acceptors (Lipinski definition) is 7. The molecule has 1 aliphatic carbocycles. The van der Waals surface area contributed by atoms with Crippen LogP contribution in [0.5, 0.6) is 23.0 Å². The highest BCUT2D eigenvalue weighted by atomic mass is 16.7. The number of fused-ring (bicyclic) bond motifs is 3. The van der Waals surface area contributed by atoms with Gasteiger partial charge < -0.3 is 29.5 Å². The first-order valence-electron chi connectivity index (χ1n) is 8.92. The molecule has 0 amide bonds. The summed E-state index contributed by atoms with van der Waals surface area (Å²) in [5.74, 6) is 3.23. The highest BCUT2D eigenvalue weighted by Gasteiger charge is 2.30. The molecule has 29 heavy (non-hydrogen) atoms. The van der Waals surface area contributed by atoms with Gasteiger partial charge in [-0.15, -0.1) is 0 Å².